The highest BCUT2D eigenvalue weighted by atomic mass is 35.5. The molecule has 0 radical (unpaired) electrons. The smallest absolute Gasteiger partial charge is 0.241 e. The van der Waals surface area contributed by atoms with Gasteiger partial charge in [-0.15, -0.1) is 24.8 Å². The Bertz CT molecular complexity index is 684. The Morgan fingerprint density at radius 1 is 1.32 bits per heavy atom. The predicted octanol–water partition coefficient (Wildman–Crippen LogP) is 3.59. The number of amides is 1. The molecule has 1 amide bonds. The molecular formula is C18H27Cl2N3O2. The lowest BCUT2D eigenvalue weighted by molar-refractivity contribution is -0.119. The quantitative estimate of drug-likeness (QED) is 0.823. The molecule has 2 aromatic rings. The number of aryl methyl sites for hydroxylation is 1. The molecule has 0 bridgehead atoms. The van der Waals surface area contributed by atoms with Crippen LogP contribution in [0, 0.1) is 5.92 Å². The maximum absolute atomic E-state index is 12.4. The van der Waals surface area contributed by atoms with Crippen molar-refractivity contribution in [3.05, 3.63) is 30.5 Å². The molecule has 7 heteroatoms. The number of aromatic nitrogens is 1. The minimum atomic E-state index is -0.473. The van der Waals surface area contributed by atoms with Crippen LogP contribution >= 0.6 is 24.8 Å². The van der Waals surface area contributed by atoms with Crippen LogP contribution in [0.3, 0.4) is 0 Å². The highest BCUT2D eigenvalue weighted by Gasteiger charge is 2.26. The van der Waals surface area contributed by atoms with Crippen molar-refractivity contribution in [2.24, 2.45) is 11.7 Å². The van der Waals surface area contributed by atoms with E-state index in [-0.39, 0.29) is 36.6 Å². The van der Waals surface area contributed by atoms with Crippen LogP contribution in [-0.4, -0.2) is 29.7 Å². The lowest BCUT2D eigenvalue weighted by atomic mass is 9.92. The van der Waals surface area contributed by atoms with Crippen molar-refractivity contribution in [1.29, 1.82) is 0 Å². The molecule has 5 nitrogen and oxygen atoms in total. The van der Waals surface area contributed by atoms with Crippen molar-refractivity contribution < 1.29 is 9.53 Å². The first-order valence-corrected chi connectivity index (χ1v) is 8.42. The van der Waals surface area contributed by atoms with E-state index in [1.165, 1.54) is 5.52 Å². The third kappa shape index (κ3) is 5.11. The summed E-state index contributed by atoms with van der Waals surface area (Å²) >= 11 is 0. The SMILES string of the molecule is CCCn1ccc2cc(NC(=O)C(N)C3CCOCC3)ccc21.Cl.Cl. The number of nitrogens with one attached hydrogen (secondary N) is 1. The van der Waals surface area contributed by atoms with Gasteiger partial charge in [-0.1, -0.05) is 6.92 Å². The van der Waals surface area contributed by atoms with Gasteiger partial charge >= 0.3 is 0 Å². The lowest BCUT2D eigenvalue weighted by Gasteiger charge is -2.26. The Morgan fingerprint density at radius 3 is 2.72 bits per heavy atom. The van der Waals surface area contributed by atoms with E-state index in [9.17, 15) is 4.79 Å². The number of rotatable bonds is 5. The van der Waals surface area contributed by atoms with Crippen LogP contribution in [0.5, 0.6) is 0 Å². The zero-order chi connectivity index (χ0) is 16.2. The van der Waals surface area contributed by atoms with Gasteiger partial charge < -0.3 is 20.4 Å². The van der Waals surface area contributed by atoms with Crippen LogP contribution < -0.4 is 11.1 Å². The summed E-state index contributed by atoms with van der Waals surface area (Å²) in [5.74, 6) is 0.0994. The number of halogens is 2. The van der Waals surface area contributed by atoms with E-state index in [1.807, 2.05) is 12.1 Å². The normalized spacial score (nSPS) is 15.9. The molecule has 1 aromatic carbocycles. The molecule has 3 rings (SSSR count). The van der Waals surface area contributed by atoms with Gasteiger partial charge in [-0.3, -0.25) is 4.79 Å². The highest BCUT2D eigenvalue weighted by molar-refractivity contribution is 5.97. The van der Waals surface area contributed by atoms with Crippen LogP contribution in [0.2, 0.25) is 0 Å². The minimum absolute atomic E-state index is 0. The van der Waals surface area contributed by atoms with Gasteiger partial charge in [-0.2, -0.15) is 0 Å². The Hall–Kier alpha value is -1.27. The van der Waals surface area contributed by atoms with E-state index in [4.69, 9.17) is 10.5 Å². The first-order chi connectivity index (χ1) is 11.2. The molecule has 1 aromatic heterocycles. The summed E-state index contributed by atoms with van der Waals surface area (Å²) in [5.41, 5.74) is 8.12. The number of anilines is 1. The van der Waals surface area contributed by atoms with E-state index >= 15 is 0 Å². The second-order valence-corrected chi connectivity index (χ2v) is 6.25. The van der Waals surface area contributed by atoms with Crippen LogP contribution in [-0.2, 0) is 16.1 Å². The number of hydrogen-bond acceptors (Lipinski definition) is 3. The largest absolute Gasteiger partial charge is 0.381 e. The first kappa shape index (κ1) is 21.8. The number of carbonyl (C=O) groups excluding carboxylic acids is 1. The van der Waals surface area contributed by atoms with Crippen LogP contribution in [0.1, 0.15) is 26.2 Å². The third-order valence-corrected chi connectivity index (χ3v) is 4.58. The first-order valence-electron chi connectivity index (χ1n) is 8.42. The molecule has 2 heterocycles. The molecule has 1 saturated heterocycles. The molecule has 140 valence electrons. The minimum Gasteiger partial charge on any atom is -0.381 e. The molecule has 0 saturated carbocycles. The van der Waals surface area contributed by atoms with Gasteiger partial charge in [-0.05, 0) is 49.4 Å². The molecule has 1 unspecified atom stereocenters. The summed E-state index contributed by atoms with van der Waals surface area (Å²) < 4.78 is 7.56. The number of benzene rings is 1. The second kappa shape index (κ2) is 10.0. The van der Waals surface area contributed by atoms with Crippen LogP contribution in [0.25, 0.3) is 10.9 Å². The molecule has 0 spiro atoms. The molecule has 25 heavy (non-hydrogen) atoms. The van der Waals surface area contributed by atoms with Crippen molar-refractivity contribution in [1.82, 2.24) is 4.57 Å². The summed E-state index contributed by atoms with van der Waals surface area (Å²) in [7, 11) is 0. The number of nitrogens with zero attached hydrogens (tertiary/aromatic N) is 1. The zero-order valence-electron chi connectivity index (χ0n) is 14.4. The Kier molecular flexibility index (Phi) is 8.73. The van der Waals surface area contributed by atoms with Crippen LogP contribution in [0.4, 0.5) is 5.69 Å². The number of hydrogen-bond donors (Lipinski definition) is 2. The third-order valence-electron chi connectivity index (χ3n) is 4.58. The fourth-order valence-electron chi connectivity index (χ4n) is 3.23. The lowest BCUT2D eigenvalue weighted by Crippen LogP contribution is -2.43. The molecule has 0 aliphatic carbocycles. The number of carbonyl (C=O) groups is 1. The summed E-state index contributed by atoms with van der Waals surface area (Å²) in [4.78, 5) is 12.4. The van der Waals surface area contributed by atoms with Gasteiger partial charge in [0.25, 0.3) is 0 Å². The van der Waals surface area contributed by atoms with Gasteiger partial charge in [0, 0.05) is 42.5 Å². The second-order valence-electron chi connectivity index (χ2n) is 6.25. The molecule has 3 N–H and O–H groups in total. The molecule has 1 fully saturated rings. The Morgan fingerprint density at radius 2 is 2.04 bits per heavy atom. The Labute approximate surface area is 161 Å². The maximum atomic E-state index is 12.4. The summed E-state index contributed by atoms with van der Waals surface area (Å²) in [5, 5.41) is 4.09. The van der Waals surface area contributed by atoms with E-state index in [0.717, 1.165) is 36.9 Å². The van der Waals surface area contributed by atoms with Crippen molar-refractivity contribution in [2.45, 2.75) is 38.8 Å². The highest BCUT2D eigenvalue weighted by Crippen LogP contribution is 2.22. The van der Waals surface area contributed by atoms with Gasteiger partial charge in [0.05, 0.1) is 6.04 Å². The maximum Gasteiger partial charge on any atom is 0.241 e. The van der Waals surface area contributed by atoms with E-state index < -0.39 is 6.04 Å². The summed E-state index contributed by atoms with van der Waals surface area (Å²) in [6, 6.07) is 7.62. The van der Waals surface area contributed by atoms with Crippen LogP contribution in [0.15, 0.2) is 30.5 Å². The van der Waals surface area contributed by atoms with E-state index in [0.29, 0.717) is 13.2 Å². The van der Waals surface area contributed by atoms with Crippen molar-refractivity contribution in [3.63, 3.8) is 0 Å². The van der Waals surface area contributed by atoms with E-state index in [1.54, 1.807) is 0 Å². The monoisotopic (exact) mass is 387 g/mol. The summed E-state index contributed by atoms with van der Waals surface area (Å²) in [6.07, 6.45) is 4.90. The van der Waals surface area contributed by atoms with E-state index in [2.05, 4.69) is 35.1 Å². The van der Waals surface area contributed by atoms with Gasteiger partial charge in [0.1, 0.15) is 0 Å². The zero-order valence-corrected chi connectivity index (χ0v) is 16.1. The number of nitrogens with two attached hydrogens (primary N) is 1. The molecule has 1 aliphatic rings. The van der Waals surface area contributed by atoms with Crippen molar-refractivity contribution in [2.75, 3.05) is 18.5 Å². The summed E-state index contributed by atoms with van der Waals surface area (Å²) in [6.45, 7) is 4.56. The fraction of sp³-hybridized carbons (Fsp3) is 0.500. The molecule has 1 atom stereocenters. The number of ether oxygens (including phenoxy) is 1. The number of fused-ring (bicyclic) bond motifs is 1. The van der Waals surface area contributed by atoms with Gasteiger partial charge in [0.15, 0.2) is 0 Å². The van der Waals surface area contributed by atoms with Crippen molar-refractivity contribution >= 4 is 47.3 Å². The molecule has 1 aliphatic heterocycles. The average molecular weight is 388 g/mol. The molecular weight excluding hydrogens is 361 g/mol. The van der Waals surface area contributed by atoms with Crippen molar-refractivity contribution in [3.8, 4) is 0 Å². The predicted molar refractivity (Wildman–Crippen MR) is 107 cm³/mol. The van der Waals surface area contributed by atoms with Gasteiger partial charge in [0.2, 0.25) is 5.91 Å². The Balaban J connectivity index is 0.00000156. The standard InChI is InChI=1S/C18H25N3O2.2ClH/c1-2-8-21-9-5-14-12-15(3-4-16(14)21)20-18(22)17(19)13-6-10-23-11-7-13;;/h3-5,9,12-13,17H,2,6-8,10-11,19H2,1H3,(H,20,22);2*1H. The fourth-order valence-corrected chi connectivity index (χ4v) is 3.23. The van der Waals surface area contributed by atoms with Gasteiger partial charge in [-0.25, -0.2) is 0 Å². The topological polar surface area (TPSA) is 69.3 Å². The average Bonchev–Trinajstić information content (AvgIpc) is 2.97.